The molecule has 3 fully saturated rings. The number of allylic oxidation sites excluding steroid dienone is 1. The number of carbonyl (C=O) groups excluding carboxylic acids is 3. The molecule has 0 radical (unpaired) electrons. The number of nitrogens with one attached hydrogen (secondary N) is 2. The van der Waals surface area contributed by atoms with Gasteiger partial charge < -0.3 is 29.5 Å². The summed E-state index contributed by atoms with van der Waals surface area (Å²) in [7, 11) is -2.56. The predicted molar refractivity (Wildman–Crippen MR) is 236 cm³/mol. The number of carboxylic acid groups (broad SMARTS) is 1. The fourth-order valence-corrected chi connectivity index (χ4v) is 10.4. The minimum atomic E-state index is -5.12. The number of nitrogens with zero attached hydrogens (tertiary/aromatic N) is 4. The van der Waals surface area contributed by atoms with Gasteiger partial charge >= 0.3 is 12.3 Å². The Bertz CT molecular complexity index is 2500. The number of carbonyl (C=O) groups is 4. The van der Waals surface area contributed by atoms with Crippen LogP contribution in [-0.2, 0) is 24.4 Å². The molecule has 4 amide bonds. The van der Waals surface area contributed by atoms with Gasteiger partial charge in [0.2, 0.25) is 27.7 Å². The Morgan fingerprint density at radius 3 is 2.32 bits per heavy atom. The highest BCUT2D eigenvalue weighted by molar-refractivity contribution is 7.91. The van der Waals surface area contributed by atoms with E-state index in [2.05, 4.69) is 10.0 Å². The molecule has 0 spiro atoms. The lowest BCUT2D eigenvalue weighted by Crippen LogP contribution is -2.66. The largest absolute Gasteiger partial charge is 0.497 e. The Balaban J connectivity index is 1.31. The van der Waals surface area contributed by atoms with E-state index in [9.17, 15) is 41.1 Å². The Morgan fingerprint density at radius 1 is 1.02 bits per heavy atom. The quantitative estimate of drug-likeness (QED) is 0.173. The first-order chi connectivity index (χ1) is 30.9. The van der Waals surface area contributed by atoms with Crippen LogP contribution in [0.1, 0.15) is 86.5 Å². The van der Waals surface area contributed by atoms with E-state index in [1.54, 1.807) is 54.6 Å². The highest BCUT2D eigenvalue weighted by Gasteiger charge is 2.63. The van der Waals surface area contributed by atoms with Crippen LogP contribution in [0.15, 0.2) is 54.6 Å². The third-order valence-corrected chi connectivity index (χ3v) is 14.8. The fraction of sp³-hybridized carbons (Fsp3) is 0.565. The van der Waals surface area contributed by atoms with Crippen molar-refractivity contribution in [2.45, 2.75) is 133 Å². The first-order valence-corrected chi connectivity index (χ1v) is 23.7. The number of hydrogen-bond donors (Lipinski definition) is 3. The van der Waals surface area contributed by atoms with Gasteiger partial charge in [0, 0.05) is 24.0 Å². The Hall–Kier alpha value is -5.66. The molecule has 3 N–H and O–H groups in total. The van der Waals surface area contributed by atoms with Gasteiger partial charge in [0.15, 0.2) is 5.82 Å². The number of alkyl halides is 3. The van der Waals surface area contributed by atoms with Crippen molar-refractivity contribution in [3.8, 4) is 28.8 Å². The number of fused-ring (bicyclic) bond motifs is 3. The zero-order valence-corrected chi connectivity index (χ0v) is 38.7. The van der Waals surface area contributed by atoms with Crippen LogP contribution >= 0.6 is 0 Å². The zero-order valence-electron chi connectivity index (χ0n) is 37.9. The minimum Gasteiger partial charge on any atom is -0.497 e. The molecule has 20 heteroatoms. The topological polar surface area (TPSA) is 207 Å². The molecule has 3 heterocycles. The number of ether oxygens (including phenoxy) is 3. The number of aromatic nitrogens is 2. The maximum atomic E-state index is 15.2. The van der Waals surface area contributed by atoms with Crippen molar-refractivity contribution < 1.29 is 60.1 Å². The van der Waals surface area contributed by atoms with Crippen molar-refractivity contribution in [2.75, 3.05) is 13.7 Å². The summed E-state index contributed by atoms with van der Waals surface area (Å²) in [5, 5.41) is 13.0. The number of methoxy groups -OCH3 is 1. The molecule has 66 heavy (non-hydrogen) atoms. The van der Waals surface area contributed by atoms with Crippen LogP contribution in [0.5, 0.6) is 17.4 Å². The molecule has 358 valence electrons. The molecule has 0 unspecified atom stereocenters. The normalized spacial score (nSPS) is 26.9. The number of rotatable bonds is 11. The predicted octanol–water partition coefficient (Wildman–Crippen LogP) is 6.63. The van der Waals surface area contributed by atoms with E-state index in [1.165, 1.54) is 14.0 Å². The second-order valence-electron chi connectivity index (χ2n) is 18.8. The van der Waals surface area contributed by atoms with E-state index in [1.807, 2.05) is 20.8 Å². The van der Waals surface area contributed by atoms with E-state index in [-0.39, 0.29) is 47.9 Å². The molecule has 7 rings (SSSR count). The molecule has 2 saturated carbocycles. The number of hydrogen-bond acceptors (Lipinski definition) is 11. The molecule has 4 aliphatic rings. The standard InChI is InChI=1S/C46H57F3N6O10S/c1-25(2)64-30-14-12-28(13-15-30)38-50-35-21-31(63-7)16-19-34(35)40(51-38)65-32-22-36-39(56)52-45(42(58)53-66(61,62)33-17-18-33)23-29(45)11-9-8-10-26(3)20-27(4)37(41(57)54(36)24-32)55(43(59)60)44(5,6)46(47,48)49/h9,11-16,19,21,25-27,29,32-33,36-37H,8,10,17-18,20,22-24H2,1-7H3,(H,52,56)(H,53,58)(H,59,60)/b11-9-/t26-,27-,29-,32-,36+,37+,45-/m1/s1. The summed E-state index contributed by atoms with van der Waals surface area (Å²) in [5.74, 6) is -3.38. The van der Waals surface area contributed by atoms with Gasteiger partial charge in [-0.3, -0.25) is 24.0 Å². The van der Waals surface area contributed by atoms with Crippen molar-refractivity contribution in [3.05, 3.63) is 54.6 Å². The lowest BCUT2D eigenvalue weighted by atomic mass is 9.85. The summed E-state index contributed by atoms with van der Waals surface area (Å²) < 4.78 is 90.6. The third kappa shape index (κ3) is 9.88. The fourth-order valence-electron chi connectivity index (χ4n) is 9.02. The maximum absolute atomic E-state index is 15.2. The van der Waals surface area contributed by atoms with Crippen LogP contribution in [0.25, 0.3) is 22.3 Å². The summed E-state index contributed by atoms with van der Waals surface area (Å²) in [6, 6.07) is 8.58. The molecule has 7 atom stereocenters. The van der Waals surface area contributed by atoms with Crippen LogP contribution in [0.3, 0.4) is 0 Å². The molecule has 2 aliphatic heterocycles. The highest BCUT2D eigenvalue weighted by Crippen LogP contribution is 2.47. The van der Waals surface area contributed by atoms with Gasteiger partial charge in [0.25, 0.3) is 5.91 Å². The van der Waals surface area contributed by atoms with Gasteiger partial charge in [0.1, 0.15) is 40.8 Å². The molecular weight excluding hydrogens is 886 g/mol. The van der Waals surface area contributed by atoms with Gasteiger partial charge in [-0.1, -0.05) is 26.0 Å². The molecule has 3 aromatic rings. The second kappa shape index (κ2) is 18.2. The Labute approximate surface area is 381 Å². The number of halogens is 3. The number of sulfonamides is 1. The van der Waals surface area contributed by atoms with Crippen LogP contribution < -0.4 is 24.2 Å². The van der Waals surface area contributed by atoms with Gasteiger partial charge in [0.05, 0.1) is 35.9 Å². The molecule has 16 nitrogen and oxygen atoms in total. The lowest BCUT2D eigenvalue weighted by molar-refractivity contribution is -0.222. The minimum absolute atomic E-state index is 0.0351. The molecule has 0 bridgehead atoms. The second-order valence-corrected chi connectivity index (χ2v) is 20.8. The van der Waals surface area contributed by atoms with Crippen molar-refractivity contribution in [2.24, 2.45) is 17.8 Å². The van der Waals surface area contributed by atoms with E-state index in [0.717, 1.165) is 4.90 Å². The van der Waals surface area contributed by atoms with Crippen LogP contribution in [0.4, 0.5) is 18.0 Å². The van der Waals surface area contributed by atoms with E-state index in [4.69, 9.17) is 24.2 Å². The first-order valence-electron chi connectivity index (χ1n) is 22.2. The monoisotopic (exact) mass is 942 g/mol. The van der Waals surface area contributed by atoms with Gasteiger partial charge in [-0.25, -0.2) is 18.2 Å². The van der Waals surface area contributed by atoms with Gasteiger partial charge in [-0.15, -0.1) is 0 Å². The number of benzene rings is 2. The van der Waals surface area contributed by atoms with Gasteiger partial charge in [-0.2, -0.15) is 18.2 Å². The third-order valence-electron chi connectivity index (χ3n) is 13.0. The summed E-state index contributed by atoms with van der Waals surface area (Å²) in [6.07, 6.45) is -3.13. The molecule has 1 saturated heterocycles. The highest BCUT2D eigenvalue weighted by atomic mass is 32.2. The summed E-state index contributed by atoms with van der Waals surface area (Å²) in [5.41, 5.74) is -3.81. The number of amides is 4. The molecule has 1 aromatic heterocycles. The van der Waals surface area contributed by atoms with E-state index in [0.29, 0.717) is 67.5 Å². The maximum Gasteiger partial charge on any atom is 0.411 e. The van der Waals surface area contributed by atoms with Crippen LogP contribution in [-0.4, -0.2) is 118 Å². The van der Waals surface area contributed by atoms with Crippen molar-refractivity contribution >= 4 is 44.7 Å². The average molecular weight is 943 g/mol. The molecular formula is C46H57F3N6O10S. The summed E-state index contributed by atoms with van der Waals surface area (Å²) in [4.78, 5) is 67.7. The van der Waals surface area contributed by atoms with Crippen LogP contribution in [0, 0.1) is 17.8 Å². The van der Waals surface area contributed by atoms with Crippen molar-refractivity contribution in [3.63, 3.8) is 0 Å². The Kier molecular flexibility index (Phi) is 13.3. The van der Waals surface area contributed by atoms with E-state index >= 15 is 4.79 Å². The van der Waals surface area contributed by atoms with Crippen molar-refractivity contribution in [1.82, 2.24) is 29.8 Å². The smallest absolute Gasteiger partial charge is 0.411 e. The SMILES string of the molecule is COc1ccc2c(O[C@@H]3C[C@H]4C(=O)N[C@]5(C(=O)NS(=O)(=O)C6CC6)C[C@H]5/C=C\CC[C@@H](C)C[C@@H](C)[C@H](N(C(=O)O)C(C)(C)C(F)(F)F)C(=O)N4C3)nc(-c3ccc(OC(C)C)cc3)nc2c1. The summed E-state index contributed by atoms with van der Waals surface area (Å²) >= 11 is 0. The Morgan fingerprint density at radius 2 is 1.70 bits per heavy atom. The average Bonchev–Trinajstić information content (AvgIpc) is 4.17. The molecule has 2 aromatic carbocycles. The molecule has 2 aliphatic carbocycles. The first kappa shape index (κ1) is 48.3. The van der Waals surface area contributed by atoms with E-state index < -0.39 is 92.9 Å². The lowest BCUT2D eigenvalue weighted by Gasteiger charge is -2.45. The van der Waals surface area contributed by atoms with Crippen molar-refractivity contribution in [1.29, 1.82) is 0 Å². The van der Waals surface area contributed by atoms with Gasteiger partial charge in [-0.05, 0) is 114 Å². The van der Waals surface area contributed by atoms with Crippen LogP contribution in [0.2, 0.25) is 0 Å². The zero-order chi connectivity index (χ0) is 48.1. The summed E-state index contributed by atoms with van der Waals surface area (Å²) in [6.45, 7) is 8.13.